The fourth-order valence-corrected chi connectivity index (χ4v) is 0.707. The van der Waals surface area contributed by atoms with Crippen LogP contribution in [0.4, 0.5) is 0 Å². The maximum Gasteiger partial charge on any atom is 0.112 e. The molecule has 2 nitrogen and oxygen atoms in total. The number of quaternary nitrogens is 1. The zero-order valence-corrected chi connectivity index (χ0v) is 8.89. The molecule has 1 aliphatic rings. The second-order valence-electron chi connectivity index (χ2n) is 1.71. The molecular formula is C5H7NOSZn. The Labute approximate surface area is 72.7 Å². The first kappa shape index (κ1) is 9.37. The monoisotopic (exact) mass is 193 g/mol. The number of hydrogen-bond acceptors (Lipinski definition) is 2. The average molecular weight is 195 g/mol. The van der Waals surface area contributed by atoms with Gasteiger partial charge in [0, 0.05) is 19.5 Å². The molecule has 0 amide bonds. The molecule has 46 valence electrons. The van der Waals surface area contributed by atoms with Crippen molar-refractivity contribution in [2.45, 2.75) is 0 Å². The molecule has 1 heterocycles. The Morgan fingerprint density at radius 3 is 2.33 bits per heavy atom. The van der Waals surface area contributed by atoms with Crippen LogP contribution in [-0.4, -0.2) is 10.6 Å². The molecule has 9 heavy (non-hydrogen) atoms. The van der Waals surface area contributed by atoms with Gasteiger partial charge in [-0.15, -0.1) is 0 Å². The third-order valence-electron chi connectivity index (χ3n) is 0.933. The largest absolute Gasteiger partial charge is 0.615 e. The normalized spacial score (nSPS) is 31.8. The second kappa shape index (κ2) is 3.52. The predicted octanol–water partition coefficient (Wildman–Crippen LogP) is 1.23. The summed E-state index contributed by atoms with van der Waals surface area (Å²) in [5.41, 5.74) is 0. The van der Waals surface area contributed by atoms with Crippen LogP contribution in [0, 0.1) is 5.21 Å². The van der Waals surface area contributed by atoms with Crippen LogP contribution in [-0.2, 0) is 19.5 Å². The van der Waals surface area contributed by atoms with E-state index in [0.717, 1.165) is 0 Å². The Hall–Kier alpha value is 0.373. The predicted molar refractivity (Wildman–Crippen MR) is 35.8 cm³/mol. The van der Waals surface area contributed by atoms with Crippen LogP contribution in [0.3, 0.4) is 0 Å². The van der Waals surface area contributed by atoms with Crippen molar-refractivity contribution in [2.24, 2.45) is 0 Å². The van der Waals surface area contributed by atoms with Crippen molar-refractivity contribution in [3.05, 3.63) is 29.6 Å². The number of thiol groups is 1. The molecule has 0 spiro atoms. The van der Waals surface area contributed by atoms with E-state index in [1.165, 1.54) is 6.20 Å². The van der Waals surface area contributed by atoms with Crippen LogP contribution in [0.1, 0.15) is 0 Å². The summed E-state index contributed by atoms with van der Waals surface area (Å²) in [7, 11) is 0. The van der Waals surface area contributed by atoms with Gasteiger partial charge < -0.3 is 5.21 Å². The minimum absolute atomic E-state index is 0. The van der Waals surface area contributed by atoms with Gasteiger partial charge in [-0.1, -0.05) is 6.08 Å². The minimum Gasteiger partial charge on any atom is -0.615 e. The van der Waals surface area contributed by atoms with Crippen molar-refractivity contribution in [1.29, 1.82) is 0 Å². The van der Waals surface area contributed by atoms with Crippen LogP contribution in [0.2, 0.25) is 0 Å². The molecule has 1 aliphatic heterocycles. The topological polar surface area (TPSA) is 23.1 Å². The van der Waals surface area contributed by atoms with Gasteiger partial charge in [0.25, 0.3) is 0 Å². The average Bonchev–Trinajstić information content (AvgIpc) is 1.65. The van der Waals surface area contributed by atoms with E-state index < -0.39 is 4.05 Å². The third kappa shape index (κ3) is 3.16. The third-order valence-corrected chi connectivity index (χ3v) is 1.23. The van der Waals surface area contributed by atoms with Crippen molar-refractivity contribution in [2.75, 3.05) is 6.54 Å². The van der Waals surface area contributed by atoms with Crippen LogP contribution in [0.15, 0.2) is 24.4 Å². The molecule has 0 radical (unpaired) electrons. The van der Waals surface area contributed by atoms with Gasteiger partial charge in [0.1, 0.15) is 12.7 Å². The van der Waals surface area contributed by atoms with Gasteiger partial charge in [-0.2, -0.15) is 0 Å². The van der Waals surface area contributed by atoms with E-state index >= 15 is 0 Å². The molecule has 0 saturated carbocycles. The summed E-state index contributed by atoms with van der Waals surface area (Å²) in [5.74, 6) is 0. The summed E-state index contributed by atoms with van der Waals surface area (Å²) in [4.78, 5) is 0. The Kier molecular flexibility index (Phi) is 3.67. The van der Waals surface area contributed by atoms with Gasteiger partial charge in [-0.05, 0) is 12.2 Å². The fourth-order valence-electron chi connectivity index (χ4n) is 0.535. The van der Waals surface area contributed by atoms with E-state index in [-0.39, 0.29) is 19.5 Å². The minimum atomic E-state index is -0.573. The van der Waals surface area contributed by atoms with E-state index in [0.29, 0.717) is 6.54 Å². The van der Waals surface area contributed by atoms with E-state index in [4.69, 9.17) is 0 Å². The van der Waals surface area contributed by atoms with Crippen LogP contribution >= 0.6 is 12.8 Å². The number of hydrogen-bond donors (Lipinski definition) is 1. The molecule has 0 saturated heterocycles. The zero-order valence-electron chi connectivity index (χ0n) is 5.03. The van der Waals surface area contributed by atoms with Crippen molar-refractivity contribution in [1.82, 2.24) is 0 Å². The van der Waals surface area contributed by atoms with Crippen LogP contribution < -0.4 is 0 Å². The second-order valence-corrected chi connectivity index (χ2v) is 2.38. The standard InChI is InChI=1S/C5H7NOS.Zn/c7-6(8)4-2-1-3-5-6;/h1-4,8H,5H2;. The van der Waals surface area contributed by atoms with E-state index in [1.807, 2.05) is 6.08 Å². The van der Waals surface area contributed by atoms with Gasteiger partial charge in [0.05, 0.1) is 12.8 Å². The number of rotatable bonds is 0. The molecule has 0 N–H and O–H groups in total. The molecule has 0 bridgehead atoms. The summed E-state index contributed by atoms with van der Waals surface area (Å²) >= 11 is 3.76. The molecule has 1 atom stereocenters. The maximum absolute atomic E-state index is 10.8. The van der Waals surface area contributed by atoms with Crippen molar-refractivity contribution < 1.29 is 23.5 Å². The molecule has 0 aromatic rings. The maximum atomic E-state index is 10.8. The molecule has 0 aliphatic carbocycles. The molecule has 4 heteroatoms. The quantitative estimate of drug-likeness (QED) is 0.267. The molecule has 0 aromatic heterocycles. The molecular weight excluding hydrogens is 188 g/mol. The van der Waals surface area contributed by atoms with Gasteiger partial charge in [0.2, 0.25) is 0 Å². The van der Waals surface area contributed by atoms with Gasteiger partial charge in [0.15, 0.2) is 0 Å². The van der Waals surface area contributed by atoms with Crippen molar-refractivity contribution >= 4 is 12.8 Å². The molecule has 1 rings (SSSR count). The summed E-state index contributed by atoms with van der Waals surface area (Å²) in [6.07, 6.45) is 6.82. The zero-order chi connectivity index (χ0) is 6.04. The molecule has 1 unspecified atom stereocenters. The summed E-state index contributed by atoms with van der Waals surface area (Å²) in [6.45, 7) is 0.430. The summed E-state index contributed by atoms with van der Waals surface area (Å²) < 4.78 is -0.573. The molecule has 0 aromatic carbocycles. The van der Waals surface area contributed by atoms with Crippen LogP contribution in [0.5, 0.6) is 0 Å². The van der Waals surface area contributed by atoms with E-state index in [1.54, 1.807) is 12.2 Å². The smallest absolute Gasteiger partial charge is 0.112 e. The van der Waals surface area contributed by atoms with Crippen molar-refractivity contribution in [3.63, 3.8) is 0 Å². The molecule has 0 fully saturated rings. The van der Waals surface area contributed by atoms with Crippen LogP contribution in [0.25, 0.3) is 0 Å². The van der Waals surface area contributed by atoms with Gasteiger partial charge in [-0.25, -0.2) is 0 Å². The fraction of sp³-hybridized carbons (Fsp3) is 0.200. The summed E-state index contributed by atoms with van der Waals surface area (Å²) in [6, 6.07) is 0. The number of allylic oxidation sites excluding steroid dienone is 2. The Bertz CT molecular complexity index is 144. The Morgan fingerprint density at radius 1 is 1.44 bits per heavy atom. The first-order valence-corrected chi connectivity index (χ1v) is 2.77. The van der Waals surface area contributed by atoms with Gasteiger partial charge >= 0.3 is 0 Å². The Balaban J connectivity index is 0.000000640. The first-order valence-electron chi connectivity index (χ1n) is 2.37. The SMILES string of the molecule is [O-][N+]1(S)C=CC=CC1.[Zn]. The van der Waals surface area contributed by atoms with Gasteiger partial charge in [-0.3, -0.25) is 4.05 Å². The summed E-state index contributed by atoms with van der Waals surface area (Å²) in [5, 5.41) is 10.8. The Morgan fingerprint density at radius 2 is 2.11 bits per heavy atom. The number of hydroxylamine groups is 2. The first-order chi connectivity index (χ1) is 3.71. The number of nitrogens with zero attached hydrogens (tertiary/aromatic N) is 1. The van der Waals surface area contributed by atoms with E-state index in [9.17, 15) is 5.21 Å². The van der Waals surface area contributed by atoms with E-state index in [2.05, 4.69) is 12.8 Å². The van der Waals surface area contributed by atoms with Crippen molar-refractivity contribution in [3.8, 4) is 0 Å².